The van der Waals surface area contributed by atoms with Crippen LogP contribution in [0.2, 0.25) is 5.02 Å². The van der Waals surface area contributed by atoms with E-state index in [0.29, 0.717) is 18.2 Å². The molecule has 0 unspecified atom stereocenters. The topological polar surface area (TPSA) is 53.1 Å². The standard InChI is InChI=1S/C13H16ClN3O/c1-2-17-8-10(7-16-17)9-18-13-5-3-4-12(14)11(13)6-15/h3-5,7-8H,2,6,9,15H2,1H3. The van der Waals surface area contributed by atoms with Gasteiger partial charge in [-0.1, -0.05) is 17.7 Å². The van der Waals surface area contributed by atoms with E-state index in [9.17, 15) is 0 Å². The van der Waals surface area contributed by atoms with E-state index in [1.54, 1.807) is 6.20 Å². The maximum Gasteiger partial charge on any atom is 0.125 e. The molecule has 0 aliphatic rings. The lowest BCUT2D eigenvalue weighted by atomic mass is 10.2. The molecular weight excluding hydrogens is 250 g/mol. The van der Waals surface area contributed by atoms with Gasteiger partial charge >= 0.3 is 0 Å². The SMILES string of the molecule is CCn1cc(COc2cccc(Cl)c2CN)cn1. The van der Waals surface area contributed by atoms with Crippen LogP contribution in [0.4, 0.5) is 0 Å². The minimum absolute atomic E-state index is 0.364. The van der Waals surface area contributed by atoms with Gasteiger partial charge in [0.15, 0.2) is 0 Å². The molecule has 2 rings (SSSR count). The lowest BCUT2D eigenvalue weighted by molar-refractivity contribution is 0.303. The first-order valence-corrected chi connectivity index (χ1v) is 6.24. The predicted molar refractivity (Wildman–Crippen MR) is 71.6 cm³/mol. The highest BCUT2D eigenvalue weighted by atomic mass is 35.5. The molecule has 2 N–H and O–H groups in total. The summed E-state index contributed by atoms with van der Waals surface area (Å²) in [5.41, 5.74) is 7.53. The highest BCUT2D eigenvalue weighted by Crippen LogP contribution is 2.26. The number of aryl methyl sites for hydroxylation is 1. The summed E-state index contributed by atoms with van der Waals surface area (Å²) in [6, 6.07) is 5.54. The van der Waals surface area contributed by atoms with Crippen LogP contribution in [0.1, 0.15) is 18.1 Å². The van der Waals surface area contributed by atoms with Gasteiger partial charge in [0.25, 0.3) is 0 Å². The van der Waals surface area contributed by atoms with Crippen LogP contribution in [0.25, 0.3) is 0 Å². The van der Waals surface area contributed by atoms with E-state index in [2.05, 4.69) is 5.10 Å². The Morgan fingerprint density at radius 2 is 2.28 bits per heavy atom. The molecule has 0 amide bonds. The van der Waals surface area contributed by atoms with Crippen LogP contribution in [-0.4, -0.2) is 9.78 Å². The van der Waals surface area contributed by atoms with Gasteiger partial charge in [-0.25, -0.2) is 0 Å². The molecule has 96 valence electrons. The van der Waals surface area contributed by atoms with E-state index in [1.165, 1.54) is 0 Å². The van der Waals surface area contributed by atoms with E-state index in [4.69, 9.17) is 22.1 Å². The maximum atomic E-state index is 6.06. The molecule has 0 atom stereocenters. The zero-order chi connectivity index (χ0) is 13.0. The van der Waals surface area contributed by atoms with Crippen LogP contribution in [0.5, 0.6) is 5.75 Å². The lowest BCUT2D eigenvalue weighted by Gasteiger charge is -2.10. The third-order valence-corrected chi connectivity index (χ3v) is 3.04. The van der Waals surface area contributed by atoms with Crippen molar-refractivity contribution in [1.82, 2.24) is 9.78 Å². The second-order valence-electron chi connectivity index (χ2n) is 3.91. The maximum absolute atomic E-state index is 6.06. The predicted octanol–water partition coefficient (Wildman–Crippen LogP) is 2.59. The Morgan fingerprint density at radius 1 is 1.44 bits per heavy atom. The Kier molecular flexibility index (Phi) is 4.23. The molecule has 0 aliphatic carbocycles. The molecule has 2 aromatic rings. The molecule has 1 aromatic carbocycles. The average molecular weight is 266 g/mol. The quantitative estimate of drug-likeness (QED) is 0.904. The fourth-order valence-electron chi connectivity index (χ4n) is 1.69. The summed E-state index contributed by atoms with van der Waals surface area (Å²) in [7, 11) is 0. The molecule has 18 heavy (non-hydrogen) atoms. The van der Waals surface area contributed by atoms with Crippen molar-refractivity contribution in [2.24, 2.45) is 5.73 Å². The summed E-state index contributed by atoms with van der Waals surface area (Å²) in [4.78, 5) is 0. The molecule has 0 bridgehead atoms. The largest absolute Gasteiger partial charge is 0.488 e. The van der Waals surface area contributed by atoms with Gasteiger partial charge in [-0.2, -0.15) is 5.10 Å². The minimum atomic E-state index is 0.364. The van der Waals surface area contributed by atoms with Gasteiger partial charge in [0.1, 0.15) is 12.4 Å². The van der Waals surface area contributed by atoms with Crippen molar-refractivity contribution in [3.8, 4) is 5.75 Å². The van der Waals surface area contributed by atoms with Gasteiger partial charge in [0, 0.05) is 35.4 Å². The third kappa shape index (κ3) is 2.83. The second kappa shape index (κ2) is 5.89. The van der Waals surface area contributed by atoms with E-state index < -0.39 is 0 Å². The van der Waals surface area contributed by atoms with Gasteiger partial charge < -0.3 is 10.5 Å². The third-order valence-electron chi connectivity index (χ3n) is 2.69. The van der Waals surface area contributed by atoms with Crippen molar-refractivity contribution in [3.63, 3.8) is 0 Å². The van der Waals surface area contributed by atoms with Crippen LogP contribution in [0, 0.1) is 0 Å². The number of halogens is 1. The number of hydrogen-bond acceptors (Lipinski definition) is 3. The van der Waals surface area contributed by atoms with Crippen LogP contribution < -0.4 is 10.5 Å². The molecule has 0 saturated carbocycles. The minimum Gasteiger partial charge on any atom is -0.488 e. The van der Waals surface area contributed by atoms with Crippen LogP contribution in [0.15, 0.2) is 30.6 Å². The average Bonchev–Trinajstić information content (AvgIpc) is 2.84. The number of nitrogens with zero attached hydrogens (tertiary/aromatic N) is 2. The molecule has 0 radical (unpaired) electrons. The van der Waals surface area contributed by atoms with Crippen LogP contribution in [0.3, 0.4) is 0 Å². The molecule has 0 saturated heterocycles. The number of ether oxygens (including phenoxy) is 1. The van der Waals surface area contributed by atoms with E-state index in [0.717, 1.165) is 23.4 Å². The zero-order valence-electron chi connectivity index (χ0n) is 10.3. The summed E-state index contributed by atoms with van der Waals surface area (Å²) in [6.45, 7) is 3.73. The molecule has 1 heterocycles. The Balaban J connectivity index is 2.08. The molecule has 4 nitrogen and oxygen atoms in total. The van der Waals surface area contributed by atoms with Gasteiger partial charge in [-0.3, -0.25) is 4.68 Å². The van der Waals surface area contributed by atoms with Crippen molar-refractivity contribution in [1.29, 1.82) is 0 Å². The zero-order valence-corrected chi connectivity index (χ0v) is 11.0. The van der Waals surface area contributed by atoms with Gasteiger partial charge in [0.05, 0.1) is 6.20 Å². The first kappa shape index (κ1) is 12.9. The fraction of sp³-hybridized carbons (Fsp3) is 0.308. The molecule has 1 aromatic heterocycles. The van der Waals surface area contributed by atoms with Crippen LogP contribution in [-0.2, 0) is 19.7 Å². The van der Waals surface area contributed by atoms with Gasteiger partial charge in [-0.15, -0.1) is 0 Å². The van der Waals surface area contributed by atoms with E-state index in [-0.39, 0.29) is 0 Å². The normalized spacial score (nSPS) is 10.6. The van der Waals surface area contributed by atoms with Gasteiger partial charge in [0.2, 0.25) is 0 Å². The van der Waals surface area contributed by atoms with E-state index in [1.807, 2.05) is 36.0 Å². The number of nitrogens with two attached hydrogens (primary N) is 1. The molecular formula is C13H16ClN3O. The monoisotopic (exact) mass is 265 g/mol. The number of benzene rings is 1. The summed E-state index contributed by atoms with van der Waals surface area (Å²) in [5.74, 6) is 0.731. The molecule has 0 aliphatic heterocycles. The summed E-state index contributed by atoms with van der Waals surface area (Å²) in [5, 5.41) is 4.83. The number of aromatic nitrogens is 2. The van der Waals surface area contributed by atoms with E-state index >= 15 is 0 Å². The molecule has 0 fully saturated rings. The van der Waals surface area contributed by atoms with Crippen molar-refractivity contribution in [2.45, 2.75) is 26.6 Å². The van der Waals surface area contributed by atoms with Crippen LogP contribution >= 0.6 is 11.6 Å². The number of rotatable bonds is 5. The Hall–Kier alpha value is -1.52. The summed E-state index contributed by atoms with van der Waals surface area (Å²) in [6.07, 6.45) is 3.77. The first-order chi connectivity index (χ1) is 8.74. The van der Waals surface area contributed by atoms with Crippen molar-refractivity contribution < 1.29 is 4.74 Å². The van der Waals surface area contributed by atoms with Gasteiger partial charge in [-0.05, 0) is 19.1 Å². The summed E-state index contributed by atoms with van der Waals surface area (Å²) < 4.78 is 7.60. The Labute approximate surface area is 111 Å². The van der Waals surface area contributed by atoms with Crippen molar-refractivity contribution in [3.05, 3.63) is 46.7 Å². The second-order valence-corrected chi connectivity index (χ2v) is 4.32. The fourth-order valence-corrected chi connectivity index (χ4v) is 1.93. The highest BCUT2D eigenvalue weighted by Gasteiger charge is 2.07. The lowest BCUT2D eigenvalue weighted by Crippen LogP contribution is -2.03. The first-order valence-electron chi connectivity index (χ1n) is 5.86. The summed E-state index contributed by atoms with van der Waals surface area (Å²) >= 11 is 6.06. The smallest absolute Gasteiger partial charge is 0.125 e. The molecule has 5 heteroatoms. The highest BCUT2D eigenvalue weighted by molar-refractivity contribution is 6.31. The van der Waals surface area contributed by atoms with Crippen molar-refractivity contribution >= 4 is 11.6 Å². The van der Waals surface area contributed by atoms with Crippen molar-refractivity contribution in [2.75, 3.05) is 0 Å². The number of hydrogen-bond donors (Lipinski definition) is 1. The molecule has 0 spiro atoms. The Bertz CT molecular complexity index is 525. The Morgan fingerprint density at radius 3 is 2.94 bits per heavy atom.